The number of hydrogen-bond donors (Lipinski definition) is 3. The Kier molecular flexibility index (Phi) is 12.7. The van der Waals surface area contributed by atoms with E-state index in [4.69, 9.17) is 15.2 Å². The van der Waals surface area contributed by atoms with Crippen LogP contribution in [-0.2, 0) is 19.1 Å². The second-order valence-corrected chi connectivity index (χ2v) is 8.33. The predicted octanol–water partition coefficient (Wildman–Crippen LogP) is 2.72. The Bertz CT molecular complexity index is 852. The highest BCUT2D eigenvalue weighted by molar-refractivity contribution is 6.22. The number of methoxy groups -OCH3 is 2. The molecule has 34 heavy (non-hydrogen) atoms. The Morgan fingerprint density at radius 2 is 1.97 bits per heavy atom. The van der Waals surface area contributed by atoms with Gasteiger partial charge in [0, 0.05) is 31.6 Å². The van der Waals surface area contributed by atoms with Crippen molar-refractivity contribution in [3.05, 3.63) is 59.1 Å². The van der Waals surface area contributed by atoms with Gasteiger partial charge in [-0.1, -0.05) is 38.7 Å². The molecule has 1 aliphatic rings. The van der Waals surface area contributed by atoms with Crippen molar-refractivity contribution >= 4 is 11.6 Å². The van der Waals surface area contributed by atoms with Gasteiger partial charge in [0.2, 0.25) is 11.6 Å². The minimum atomic E-state index is -0.774. The maximum Gasteiger partial charge on any atom is 0.207 e. The van der Waals surface area contributed by atoms with Gasteiger partial charge in [0.25, 0.3) is 0 Å². The summed E-state index contributed by atoms with van der Waals surface area (Å²) in [5.74, 6) is -0.681. The van der Waals surface area contributed by atoms with Crippen molar-refractivity contribution < 1.29 is 24.2 Å². The molecule has 3 atom stereocenters. The van der Waals surface area contributed by atoms with Crippen LogP contribution in [0.2, 0.25) is 0 Å². The van der Waals surface area contributed by atoms with E-state index in [9.17, 15) is 14.7 Å². The highest BCUT2D eigenvalue weighted by Crippen LogP contribution is 2.22. The number of ketones is 2. The van der Waals surface area contributed by atoms with Crippen molar-refractivity contribution in [3.8, 4) is 0 Å². The first-order valence-electron chi connectivity index (χ1n) is 11.7. The zero-order valence-corrected chi connectivity index (χ0v) is 21.4. The smallest absolute Gasteiger partial charge is 0.207 e. The molecule has 0 spiro atoms. The Labute approximate surface area is 203 Å². The molecule has 0 aromatic carbocycles. The molecule has 0 aliphatic heterocycles. The van der Waals surface area contributed by atoms with Gasteiger partial charge >= 0.3 is 0 Å². The molecule has 1 aliphatic carbocycles. The van der Waals surface area contributed by atoms with E-state index < -0.39 is 12.3 Å². The lowest BCUT2D eigenvalue weighted by Crippen LogP contribution is -2.41. The van der Waals surface area contributed by atoms with E-state index >= 15 is 0 Å². The molecule has 1 rings (SSSR count). The molecule has 0 heterocycles. The Morgan fingerprint density at radius 3 is 2.53 bits per heavy atom. The van der Waals surface area contributed by atoms with E-state index in [2.05, 4.69) is 11.9 Å². The summed E-state index contributed by atoms with van der Waals surface area (Å²) >= 11 is 0. The fourth-order valence-corrected chi connectivity index (χ4v) is 3.45. The molecular formula is C26H41N3O5. The molecule has 0 bridgehead atoms. The maximum atomic E-state index is 13.0. The number of aliphatic hydroxyl groups excluding tert-OH is 1. The summed E-state index contributed by atoms with van der Waals surface area (Å²) in [6, 6.07) is 0. The highest BCUT2D eigenvalue weighted by atomic mass is 16.5. The third-order valence-electron chi connectivity index (χ3n) is 6.05. The highest BCUT2D eigenvalue weighted by Gasteiger charge is 2.27. The molecule has 190 valence electrons. The molecule has 0 amide bonds. The molecule has 0 radical (unpaired) electrons. The molecule has 8 heteroatoms. The lowest BCUT2D eigenvalue weighted by atomic mass is 9.92. The van der Waals surface area contributed by atoms with Crippen LogP contribution in [-0.4, -0.2) is 67.8 Å². The van der Waals surface area contributed by atoms with E-state index in [1.54, 1.807) is 30.2 Å². The number of nitrogens with zero attached hydrogens (tertiary/aromatic N) is 1. The van der Waals surface area contributed by atoms with Gasteiger partial charge in [0.05, 0.1) is 17.5 Å². The number of carbonyl (C=O) groups is 2. The number of rotatable bonds is 15. The summed E-state index contributed by atoms with van der Waals surface area (Å²) in [7, 11) is 5.01. The number of Topliss-reactive ketones (excluding diaryl/α,β-unsaturated/α-hetero) is 1. The quantitative estimate of drug-likeness (QED) is 0.188. The van der Waals surface area contributed by atoms with Crippen molar-refractivity contribution in [2.45, 2.75) is 64.9 Å². The molecule has 0 aromatic rings. The van der Waals surface area contributed by atoms with Crippen LogP contribution < -0.4 is 11.1 Å². The predicted molar refractivity (Wildman–Crippen MR) is 135 cm³/mol. The van der Waals surface area contributed by atoms with Crippen molar-refractivity contribution in [2.75, 3.05) is 27.8 Å². The number of allylic oxidation sites excluding steroid dienone is 5. The van der Waals surface area contributed by atoms with Crippen molar-refractivity contribution in [1.82, 2.24) is 10.2 Å². The molecule has 0 saturated carbocycles. The minimum absolute atomic E-state index is 0.00281. The van der Waals surface area contributed by atoms with Gasteiger partial charge in [-0.2, -0.15) is 0 Å². The first-order chi connectivity index (χ1) is 16.1. The Hall–Kier alpha value is -2.52. The number of aliphatic hydroxyl groups is 1. The third kappa shape index (κ3) is 8.36. The van der Waals surface area contributed by atoms with Gasteiger partial charge in [-0.3, -0.25) is 14.5 Å². The lowest BCUT2D eigenvalue weighted by Gasteiger charge is -2.26. The van der Waals surface area contributed by atoms with Gasteiger partial charge in [-0.05, 0) is 51.8 Å². The van der Waals surface area contributed by atoms with Crippen molar-refractivity contribution in [3.63, 3.8) is 0 Å². The van der Waals surface area contributed by atoms with Gasteiger partial charge in [0.15, 0.2) is 0 Å². The molecule has 8 nitrogen and oxygen atoms in total. The van der Waals surface area contributed by atoms with E-state index in [0.29, 0.717) is 30.7 Å². The van der Waals surface area contributed by atoms with Crippen LogP contribution >= 0.6 is 0 Å². The normalized spacial score (nSPS) is 17.9. The van der Waals surface area contributed by atoms with Crippen LogP contribution in [0.5, 0.6) is 0 Å². The fourth-order valence-electron chi connectivity index (χ4n) is 3.45. The van der Waals surface area contributed by atoms with Crippen LogP contribution in [0.4, 0.5) is 0 Å². The van der Waals surface area contributed by atoms with E-state index in [-0.39, 0.29) is 29.1 Å². The molecule has 0 aromatic heterocycles. The minimum Gasteiger partial charge on any atom is -0.395 e. The summed E-state index contributed by atoms with van der Waals surface area (Å²) in [6.45, 7) is 10.5. The maximum absolute atomic E-state index is 13.0. The van der Waals surface area contributed by atoms with Crippen LogP contribution in [0.15, 0.2) is 59.1 Å². The molecule has 3 unspecified atom stereocenters. The van der Waals surface area contributed by atoms with Crippen LogP contribution in [0.25, 0.3) is 0 Å². The first-order valence-corrected chi connectivity index (χ1v) is 11.7. The number of likely N-dealkylation sites (N-methyl/N-ethyl adjacent to an activating group) is 1. The van der Waals surface area contributed by atoms with Crippen LogP contribution in [0, 0.1) is 0 Å². The van der Waals surface area contributed by atoms with E-state index in [1.165, 1.54) is 13.2 Å². The summed E-state index contributed by atoms with van der Waals surface area (Å²) in [5.41, 5.74) is 7.65. The van der Waals surface area contributed by atoms with Crippen molar-refractivity contribution in [1.29, 1.82) is 0 Å². The second kappa shape index (κ2) is 14.7. The van der Waals surface area contributed by atoms with Gasteiger partial charge in [-0.25, -0.2) is 0 Å². The number of nitrogens with one attached hydrogen (secondary N) is 1. The van der Waals surface area contributed by atoms with Gasteiger partial charge in [0.1, 0.15) is 12.3 Å². The molecule has 0 fully saturated rings. The SMILES string of the molecule is C=C(NC1=CC(=O)C(N)=C(CCCC(CC)OC)C1=O)/C(C)=C/C=C\C(OC)C(O)N(C)CC. The zero-order chi connectivity index (χ0) is 25.8. The number of hydrogen-bond acceptors (Lipinski definition) is 8. The molecule has 4 N–H and O–H groups in total. The van der Waals surface area contributed by atoms with E-state index in [0.717, 1.165) is 18.4 Å². The van der Waals surface area contributed by atoms with Crippen LogP contribution in [0.3, 0.4) is 0 Å². The average molecular weight is 476 g/mol. The average Bonchev–Trinajstić information content (AvgIpc) is 2.83. The summed E-state index contributed by atoms with van der Waals surface area (Å²) in [5, 5.41) is 13.3. The number of carbonyl (C=O) groups excluding carboxylic acids is 2. The monoisotopic (exact) mass is 475 g/mol. The Morgan fingerprint density at radius 1 is 1.29 bits per heavy atom. The molecule has 0 saturated heterocycles. The Balaban J connectivity index is 2.83. The summed E-state index contributed by atoms with van der Waals surface area (Å²) < 4.78 is 10.7. The lowest BCUT2D eigenvalue weighted by molar-refractivity contribution is -0.116. The summed E-state index contributed by atoms with van der Waals surface area (Å²) in [6.07, 6.45) is 8.11. The van der Waals surface area contributed by atoms with Crippen LogP contribution in [0.1, 0.15) is 46.5 Å². The van der Waals surface area contributed by atoms with E-state index in [1.807, 2.05) is 27.8 Å². The number of ether oxygens (including phenoxy) is 2. The largest absolute Gasteiger partial charge is 0.395 e. The van der Waals surface area contributed by atoms with Crippen molar-refractivity contribution in [2.24, 2.45) is 5.73 Å². The fraction of sp³-hybridized carbons (Fsp3) is 0.538. The van der Waals surface area contributed by atoms with Gasteiger partial charge < -0.3 is 25.6 Å². The topological polar surface area (TPSA) is 114 Å². The second-order valence-electron chi connectivity index (χ2n) is 8.33. The standard InChI is InChI=1S/C26H41N3O5/c1-8-19(33-6)13-11-14-20-24(27)22(30)16-21(25(20)31)28-18(4)17(3)12-10-15-23(34-7)26(32)29(5)9-2/h10,12,15-16,19,23,26,28,32H,4,8-9,11,13-14,27H2,1-3,5-7H3/b15-10-,17-12+. The zero-order valence-electron chi connectivity index (χ0n) is 21.4. The molecular weight excluding hydrogens is 434 g/mol. The van der Waals surface area contributed by atoms with Gasteiger partial charge in [-0.15, -0.1) is 0 Å². The number of nitrogens with two attached hydrogens (primary N) is 1. The summed E-state index contributed by atoms with van der Waals surface area (Å²) in [4.78, 5) is 27.1. The third-order valence-corrected chi connectivity index (χ3v) is 6.05. The first kappa shape index (κ1) is 29.5.